The van der Waals surface area contributed by atoms with E-state index in [1.54, 1.807) is 23.0 Å². The number of ether oxygens (including phenoxy) is 2. The van der Waals surface area contributed by atoms with Crippen LogP contribution in [0.5, 0.6) is 11.5 Å². The fraction of sp³-hybridized carbons (Fsp3) is 0.286. The largest absolute Gasteiger partial charge is 0.486 e. The first kappa shape index (κ1) is 12.5. The Bertz CT molecular complexity index is 682. The second kappa shape index (κ2) is 5.24. The summed E-state index contributed by atoms with van der Waals surface area (Å²) in [5.74, 6) is 1.69. The highest BCUT2D eigenvalue weighted by Gasteiger charge is 2.12. The minimum Gasteiger partial charge on any atom is -0.486 e. The first-order valence-electron chi connectivity index (χ1n) is 6.50. The molecular weight excluding hydrogens is 258 g/mol. The van der Waals surface area contributed by atoms with Gasteiger partial charge in [0, 0.05) is 30.7 Å². The zero-order chi connectivity index (χ0) is 13.9. The van der Waals surface area contributed by atoms with Crippen LogP contribution in [0.15, 0.2) is 35.4 Å². The molecule has 1 aliphatic heterocycles. The molecule has 1 N–H and O–H groups in total. The van der Waals surface area contributed by atoms with Crippen molar-refractivity contribution in [2.45, 2.75) is 13.5 Å². The van der Waals surface area contributed by atoms with E-state index in [9.17, 15) is 4.79 Å². The molecule has 0 radical (unpaired) electrons. The maximum absolute atomic E-state index is 12.1. The Hall–Kier alpha value is -2.50. The standard InChI is InChI=1S/C14H15N3O3/c1-2-17-6-5-15-13(14(17)18)16-10-3-4-11-12(9-10)20-8-7-19-11/h3-6,9H,2,7-8H2,1H3,(H,15,16). The number of anilines is 2. The van der Waals surface area contributed by atoms with Crippen LogP contribution in [0.25, 0.3) is 0 Å². The number of benzene rings is 1. The molecule has 104 valence electrons. The van der Waals surface area contributed by atoms with E-state index in [4.69, 9.17) is 9.47 Å². The summed E-state index contributed by atoms with van der Waals surface area (Å²) >= 11 is 0. The molecular formula is C14H15N3O3. The van der Waals surface area contributed by atoms with Gasteiger partial charge in [0.2, 0.25) is 0 Å². The molecule has 0 unspecified atom stereocenters. The molecule has 2 aromatic rings. The molecule has 1 aromatic heterocycles. The molecule has 0 fully saturated rings. The second-order valence-electron chi connectivity index (χ2n) is 4.35. The van der Waals surface area contributed by atoms with Crippen LogP contribution < -0.4 is 20.3 Å². The fourth-order valence-corrected chi connectivity index (χ4v) is 2.04. The lowest BCUT2D eigenvalue weighted by molar-refractivity contribution is 0.171. The highest BCUT2D eigenvalue weighted by atomic mass is 16.6. The van der Waals surface area contributed by atoms with Crippen molar-refractivity contribution in [1.29, 1.82) is 0 Å². The predicted molar refractivity (Wildman–Crippen MR) is 74.9 cm³/mol. The van der Waals surface area contributed by atoms with E-state index in [1.807, 2.05) is 19.1 Å². The first-order valence-corrected chi connectivity index (χ1v) is 6.50. The SMILES string of the molecule is CCn1ccnc(Nc2ccc3c(c2)OCCO3)c1=O. The van der Waals surface area contributed by atoms with Crippen molar-refractivity contribution in [3.63, 3.8) is 0 Å². The minimum absolute atomic E-state index is 0.148. The summed E-state index contributed by atoms with van der Waals surface area (Å²) in [5.41, 5.74) is 0.595. The maximum Gasteiger partial charge on any atom is 0.293 e. The van der Waals surface area contributed by atoms with Crippen LogP contribution in [0.4, 0.5) is 11.5 Å². The predicted octanol–water partition coefficient (Wildman–Crippen LogP) is 1.78. The van der Waals surface area contributed by atoms with Gasteiger partial charge in [-0.15, -0.1) is 0 Å². The average Bonchev–Trinajstić information content (AvgIpc) is 2.49. The Morgan fingerprint density at radius 2 is 2.10 bits per heavy atom. The smallest absolute Gasteiger partial charge is 0.293 e. The Balaban J connectivity index is 1.90. The molecule has 0 spiro atoms. The average molecular weight is 273 g/mol. The number of nitrogens with zero attached hydrogens (tertiary/aromatic N) is 2. The maximum atomic E-state index is 12.1. The van der Waals surface area contributed by atoms with Crippen molar-refractivity contribution < 1.29 is 9.47 Å². The molecule has 6 nitrogen and oxygen atoms in total. The lowest BCUT2D eigenvalue weighted by Crippen LogP contribution is -2.22. The van der Waals surface area contributed by atoms with E-state index < -0.39 is 0 Å². The second-order valence-corrected chi connectivity index (χ2v) is 4.35. The number of nitrogens with one attached hydrogen (secondary N) is 1. The third-order valence-corrected chi connectivity index (χ3v) is 3.06. The fourth-order valence-electron chi connectivity index (χ4n) is 2.04. The number of fused-ring (bicyclic) bond motifs is 1. The first-order chi connectivity index (χ1) is 9.78. The van der Waals surface area contributed by atoms with Gasteiger partial charge < -0.3 is 19.4 Å². The molecule has 0 atom stereocenters. The van der Waals surface area contributed by atoms with Crippen LogP contribution in [-0.2, 0) is 6.54 Å². The van der Waals surface area contributed by atoms with Crippen LogP contribution >= 0.6 is 0 Å². The molecule has 0 saturated carbocycles. The van der Waals surface area contributed by atoms with Gasteiger partial charge in [-0.3, -0.25) is 4.79 Å². The van der Waals surface area contributed by atoms with Gasteiger partial charge in [-0.25, -0.2) is 4.98 Å². The van der Waals surface area contributed by atoms with Crippen molar-refractivity contribution in [3.8, 4) is 11.5 Å². The van der Waals surface area contributed by atoms with Gasteiger partial charge in [0.05, 0.1) is 0 Å². The van der Waals surface area contributed by atoms with E-state index in [1.165, 1.54) is 0 Å². The number of hydrogen-bond acceptors (Lipinski definition) is 5. The van der Waals surface area contributed by atoms with Gasteiger partial charge >= 0.3 is 0 Å². The normalized spacial score (nSPS) is 13.1. The number of rotatable bonds is 3. The highest BCUT2D eigenvalue weighted by molar-refractivity contribution is 5.61. The molecule has 0 saturated heterocycles. The molecule has 1 aromatic carbocycles. The molecule has 3 rings (SSSR count). The van der Waals surface area contributed by atoms with E-state index in [0.717, 1.165) is 5.69 Å². The minimum atomic E-state index is -0.148. The zero-order valence-electron chi connectivity index (χ0n) is 11.1. The molecule has 20 heavy (non-hydrogen) atoms. The lowest BCUT2D eigenvalue weighted by Gasteiger charge is -2.19. The molecule has 0 bridgehead atoms. The lowest BCUT2D eigenvalue weighted by atomic mass is 10.2. The highest BCUT2D eigenvalue weighted by Crippen LogP contribution is 2.33. The van der Waals surface area contributed by atoms with E-state index >= 15 is 0 Å². The molecule has 0 aliphatic carbocycles. The molecule has 0 amide bonds. The Kier molecular flexibility index (Phi) is 3.28. The van der Waals surface area contributed by atoms with Crippen LogP contribution in [0.2, 0.25) is 0 Å². The third-order valence-electron chi connectivity index (χ3n) is 3.06. The van der Waals surface area contributed by atoms with Crippen LogP contribution in [0, 0.1) is 0 Å². The van der Waals surface area contributed by atoms with Crippen molar-refractivity contribution in [3.05, 3.63) is 40.9 Å². The van der Waals surface area contributed by atoms with Gasteiger partial charge in [-0.05, 0) is 19.1 Å². The quantitative estimate of drug-likeness (QED) is 0.923. The van der Waals surface area contributed by atoms with Crippen LogP contribution in [0.1, 0.15) is 6.92 Å². The summed E-state index contributed by atoms with van der Waals surface area (Å²) in [7, 11) is 0. The summed E-state index contributed by atoms with van der Waals surface area (Å²) in [5, 5.41) is 3.02. The number of hydrogen-bond donors (Lipinski definition) is 1. The molecule has 2 heterocycles. The van der Waals surface area contributed by atoms with Gasteiger partial charge in [-0.1, -0.05) is 0 Å². The Morgan fingerprint density at radius 3 is 2.90 bits per heavy atom. The van der Waals surface area contributed by atoms with Gasteiger partial charge in [0.25, 0.3) is 5.56 Å². The summed E-state index contributed by atoms with van der Waals surface area (Å²) in [4.78, 5) is 16.2. The van der Waals surface area contributed by atoms with Crippen molar-refractivity contribution >= 4 is 11.5 Å². The van der Waals surface area contributed by atoms with Crippen molar-refractivity contribution in [2.75, 3.05) is 18.5 Å². The van der Waals surface area contributed by atoms with Gasteiger partial charge in [0.15, 0.2) is 17.3 Å². The Morgan fingerprint density at radius 1 is 1.30 bits per heavy atom. The third kappa shape index (κ3) is 2.32. The number of aromatic nitrogens is 2. The van der Waals surface area contributed by atoms with Crippen LogP contribution in [-0.4, -0.2) is 22.8 Å². The molecule has 1 aliphatic rings. The molecule has 6 heteroatoms. The van der Waals surface area contributed by atoms with Crippen molar-refractivity contribution in [2.24, 2.45) is 0 Å². The zero-order valence-corrected chi connectivity index (χ0v) is 11.1. The monoisotopic (exact) mass is 273 g/mol. The van der Waals surface area contributed by atoms with E-state index in [0.29, 0.717) is 37.1 Å². The summed E-state index contributed by atoms with van der Waals surface area (Å²) < 4.78 is 12.6. The van der Waals surface area contributed by atoms with Crippen molar-refractivity contribution in [1.82, 2.24) is 9.55 Å². The van der Waals surface area contributed by atoms with E-state index in [2.05, 4.69) is 10.3 Å². The van der Waals surface area contributed by atoms with Gasteiger partial charge in [0.1, 0.15) is 13.2 Å². The van der Waals surface area contributed by atoms with Crippen LogP contribution in [0.3, 0.4) is 0 Å². The summed E-state index contributed by atoms with van der Waals surface area (Å²) in [6.07, 6.45) is 3.27. The van der Waals surface area contributed by atoms with Gasteiger partial charge in [-0.2, -0.15) is 0 Å². The topological polar surface area (TPSA) is 65.4 Å². The summed E-state index contributed by atoms with van der Waals surface area (Å²) in [6.45, 7) is 3.61. The Labute approximate surface area is 116 Å². The summed E-state index contributed by atoms with van der Waals surface area (Å²) in [6, 6.07) is 5.45. The number of aryl methyl sites for hydroxylation is 1. The van der Waals surface area contributed by atoms with E-state index in [-0.39, 0.29) is 5.56 Å².